The molecule has 0 saturated carbocycles. The Bertz CT molecular complexity index is 407. The Kier molecular flexibility index (Phi) is 5.03. The van der Waals surface area contributed by atoms with Crippen molar-refractivity contribution in [2.24, 2.45) is 5.92 Å². The lowest BCUT2D eigenvalue weighted by atomic mass is 10.1. The molecule has 1 saturated heterocycles. The second kappa shape index (κ2) is 6.55. The number of hydrogen-bond acceptors (Lipinski definition) is 3. The molecule has 2 heterocycles. The molecule has 1 fully saturated rings. The van der Waals surface area contributed by atoms with E-state index in [1.54, 1.807) is 11.3 Å². The maximum Gasteiger partial charge on any atom is 0.222 e. The van der Waals surface area contributed by atoms with Crippen LogP contribution in [0.2, 0.25) is 4.34 Å². The minimum Gasteiger partial charge on any atom is -0.342 e. The number of nitrogens with zero attached hydrogens (tertiary/aromatic N) is 1. The van der Waals surface area contributed by atoms with E-state index in [1.165, 1.54) is 4.88 Å². The van der Waals surface area contributed by atoms with Gasteiger partial charge in [-0.2, -0.15) is 0 Å². The van der Waals surface area contributed by atoms with E-state index in [-0.39, 0.29) is 5.91 Å². The zero-order chi connectivity index (χ0) is 13.0. The molecular weight excluding hydrogens is 268 g/mol. The van der Waals surface area contributed by atoms with E-state index in [1.807, 2.05) is 24.1 Å². The molecule has 1 aliphatic rings. The van der Waals surface area contributed by atoms with E-state index in [9.17, 15) is 4.79 Å². The van der Waals surface area contributed by atoms with Crippen molar-refractivity contribution in [2.75, 3.05) is 26.7 Å². The van der Waals surface area contributed by atoms with Gasteiger partial charge in [0.15, 0.2) is 0 Å². The fourth-order valence-corrected chi connectivity index (χ4v) is 3.48. The van der Waals surface area contributed by atoms with Crippen LogP contribution >= 0.6 is 22.9 Å². The molecule has 1 aliphatic heterocycles. The number of aryl methyl sites for hydroxylation is 1. The van der Waals surface area contributed by atoms with Crippen LogP contribution in [0.4, 0.5) is 0 Å². The third-order valence-corrected chi connectivity index (χ3v) is 4.64. The second-order valence-corrected chi connectivity index (χ2v) is 6.56. The molecular formula is C13H19ClN2OS. The third kappa shape index (κ3) is 3.70. The maximum atomic E-state index is 12.1. The third-order valence-electron chi connectivity index (χ3n) is 3.35. The second-order valence-electron chi connectivity index (χ2n) is 4.76. The molecule has 1 atom stereocenters. The van der Waals surface area contributed by atoms with Gasteiger partial charge in [-0.25, -0.2) is 0 Å². The smallest absolute Gasteiger partial charge is 0.222 e. The molecule has 2 rings (SSSR count). The van der Waals surface area contributed by atoms with Crippen LogP contribution < -0.4 is 5.32 Å². The largest absolute Gasteiger partial charge is 0.342 e. The maximum absolute atomic E-state index is 12.1. The van der Waals surface area contributed by atoms with E-state index in [4.69, 9.17) is 11.6 Å². The predicted octanol–water partition coefficient (Wildman–Crippen LogP) is 2.40. The summed E-state index contributed by atoms with van der Waals surface area (Å²) in [5.41, 5.74) is 0. The number of hydrogen-bond donors (Lipinski definition) is 1. The Morgan fingerprint density at radius 1 is 1.61 bits per heavy atom. The number of amides is 1. The average Bonchev–Trinajstić information content (AvgIpc) is 2.96. The number of carbonyl (C=O) groups is 1. The Balaban J connectivity index is 1.75. The molecule has 1 aromatic heterocycles. The molecule has 0 spiro atoms. The van der Waals surface area contributed by atoms with Crippen LogP contribution in [0.5, 0.6) is 0 Å². The van der Waals surface area contributed by atoms with Crippen LogP contribution in [0, 0.1) is 5.92 Å². The lowest BCUT2D eigenvalue weighted by molar-refractivity contribution is -0.130. The van der Waals surface area contributed by atoms with E-state index in [2.05, 4.69) is 5.32 Å². The van der Waals surface area contributed by atoms with Gasteiger partial charge in [-0.05, 0) is 44.5 Å². The molecule has 0 bridgehead atoms. The Hall–Kier alpha value is -0.580. The molecule has 1 amide bonds. The summed E-state index contributed by atoms with van der Waals surface area (Å²) in [5, 5.41) is 3.18. The summed E-state index contributed by atoms with van der Waals surface area (Å²) in [4.78, 5) is 15.2. The minimum atomic E-state index is 0.276. The number of nitrogens with one attached hydrogen (secondary N) is 1. The standard InChI is InChI=1S/C13H19ClN2OS/c1-15-8-10-6-7-16(9-10)13(17)5-3-11-2-4-12(14)18-11/h2,4,10,15H,3,5-9H2,1H3. The molecule has 1 unspecified atom stereocenters. The first-order valence-corrected chi connectivity index (χ1v) is 7.55. The van der Waals surface area contributed by atoms with Crippen LogP contribution in [0.3, 0.4) is 0 Å². The molecule has 0 aromatic carbocycles. The Morgan fingerprint density at radius 3 is 3.11 bits per heavy atom. The number of likely N-dealkylation sites (tertiary alicyclic amines) is 1. The highest BCUT2D eigenvalue weighted by atomic mass is 35.5. The van der Waals surface area contributed by atoms with Crippen molar-refractivity contribution in [3.8, 4) is 0 Å². The lowest BCUT2D eigenvalue weighted by Gasteiger charge is -2.16. The molecule has 3 nitrogen and oxygen atoms in total. The van der Waals surface area contributed by atoms with Gasteiger partial charge in [-0.15, -0.1) is 11.3 Å². The van der Waals surface area contributed by atoms with E-state index >= 15 is 0 Å². The fourth-order valence-electron chi connectivity index (χ4n) is 2.39. The van der Waals surface area contributed by atoms with Gasteiger partial charge in [0.1, 0.15) is 0 Å². The van der Waals surface area contributed by atoms with Crippen molar-refractivity contribution in [3.63, 3.8) is 0 Å². The van der Waals surface area contributed by atoms with Crippen molar-refractivity contribution in [2.45, 2.75) is 19.3 Å². The summed E-state index contributed by atoms with van der Waals surface area (Å²) in [6.07, 6.45) is 2.53. The van der Waals surface area contributed by atoms with Gasteiger partial charge < -0.3 is 10.2 Å². The first-order valence-electron chi connectivity index (χ1n) is 6.35. The minimum absolute atomic E-state index is 0.276. The number of rotatable bonds is 5. The van der Waals surface area contributed by atoms with Crippen LogP contribution in [-0.2, 0) is 11.2 Å². The quantitative estimate of drug-likeness (QED) is 0.901. The SMILES string of the molecule is CNCC1CCN(C(=O)CCc2ccc(Cl)s2)C1. The first kappa shape index (κ1) is 13.8. The monoisotopic (exact) mass is 286 g/mol. The van der Waals surface area contributed by atoms with Crippen LogP contribution in [-0.4, -0.2) is 37.5 Å². The number of halogens is 1. The van der Waals surface area contributed by atoms with Crippen LogP contribution in [0.25, 0.3) is 0 Å². The van der Waals surface area contributed by atoms with Crippen molar-refractivity contribution >= 4 is 28.8 Å². The topological polar surface area (TPSA) is 32.3 Å². The number of carbonyl (C=O) groups excluding carboxylic acids is 1. The van der Waals surface area contributed by atoms with E-state index in [0.717, 1.165) is 36.8 Å². The van der Waals surface area contributed by atoms with Crippen molar-refractivity contribution < 1.29 is 4.79 Å². The normalized spacial score (nSPS) is 19.4. The summed E-state index contributed by atoms with van der Waals surface area (Å²) >= 11 is 7.44. The van der Waals surface area contributed by atoms with Gasteiger partial charge in [0.05, 0.1) is 4.34 Å². The lowest BCUT2D eigenvalue weighted by Crippen LogP contribution is -2.30. The average molecular weight is 287 g/mol. The predicted molar refractivity (Wildman–Crippen MR) is 76.3 cm³/mol. The molecule has 0 radical (unpaired) electrons. The summed E-state index contributed by atoms with van der Waals surface area (Å²) in [6.45, 7) is 2.82. The highest BCUT2D eigenvalue weighted by molar-refractivity contribution is 7.16. The van der Waals surface area contributed by atoms with Crippen molar-refractivity contribution in [1.29, 1.82) is 0 Å². The molecule has 1 aromatic rings. The van der Waals surface area contributed by atoms with Crippen LogP contribution in [0.15, 0.2) is 12.1 Å². The van der Waals surface area contributed by atoms with E-state index < -0.39 is 0 Å². The zero-order valence-corrected chi connectivity index (χ0v) is 12.2. The Labute approximate surface area is 117 Å². The molecule has 18 heavy (non-hydrogen) atoms. The summed E-state index contributed by atoms with van der Waals surface area (Å²) in [6, 6.07) is 3.90. The molecule has 5 heteroatoms. The Morgan fingerprint density at radius 2 is 2.44 bits per heavy atom. The van der Waals surface area contributed by atoms with Gasteiger partial charge in [0.25, 0.3) is 0 Å². The van der Waals surface area contributed by atoms with Crippen molar-refractivity contribution in [3.05, 3.63) is 21.3 Å². The van der Waals surface area contributed by atoms with Gasteiger partial charge in [0, 0.05) is 24.4 Å². The summed E-state index contributed by atoms with van der Waals surface area (Å²) in [7, 11) is 1.96. The highest BCUT2D eigenvalue weighted by Crippen LogP contribution is 2.23. The summed E-state index contributed by atoms with van der Waals surface area (Å²) < 4.78 is 0.799. The van der Waals surface area contributed by atoms with Gasteiger partial charge in [0.2, 0.25) is 5.91 Å². The van der Waals surface area contributed by atoms with E-state index in [0.29, 0.717) is 12.3 Å². The highest BCUT2D eigenvalue weighted by Gasteiger charge is 2.25. The van der Waals surface area contributed by atoms with Crippen molar-refractivity contribution in [1.82, 2.24) is 10.2 Å². The zero-order valence-electron chi connectivity index (χ0n) is 10.6. The molecule has 100 valence electrons. The molecule has 1 N–H and O–H groups in total. The molecule has 0 aliphatic carbocycles. The van der Waals surface area contributed by atoms with Gasteiger partial charge in [-0.1, -0.05) is 11.6 Å². The fraction of sp³-hybridized carbons (Fsp3) is 0.615. The van der Waals surface area contributed by atoms with Crippen LogP contribution in [0.1, 0.15) is 17.7 Å². The summed E-state index contributed by atoms with van der Waals surface area (Å²) in [5.74, 6) is 0.897. The van der Waals surface area contributed by atoms with Gasteiger partial charge >= 0.3 is 0 Å². The first-order chi connectivity index (χ1) is 8.69. The number of thiophene rings is 1. The van der Waals surface area contributed by atoms with Gasteiger partial charge in [-0.3, -0.25) is 4.79 Å².